The standard InChI is InChI=1S/C24H23F3N4O4/c1-12(23(33)34)13-2-4-14(5-3-13)15-6-8-16(9-7-15)28-21(32)22-30-31-24(35-22)29-20-11-18(26)17(25)10-19(20)27/h6-14H,2-5H2,1H3,(H,28,32)(H,29,31)(H,33,34)/t12-,13?,14?/m1/s1. The van der Waals surface area contributed by atoms with Crippen molar-refractivity contribution in [2.24, 2.45) is 11.8 Å². The number of aromatic nitrogens is 2. The van der Waals surface area contributed by atoms with Crippen LogP contribution in [0.2, 0.25) is 0 Å². The largest absolute Gasteiger partial charge is 0.481 e. The summed E-state index contributed by atoms with van der Waals surface area (Å²) in [5, 5.41) is 21.3. The van der Waals surface area contributed by atoms with Crippen LogP contribution in [0.15, 0.2) is 40.8 Å². The highest BCUT2D eigenvalue weighted by Crippen LogP contribution is 2.39. The summed E-state index contributed by atoms with van der Waals surface area (Å²) in [7, 11) is 0. The van der Waals surface area contributed by atoms with Crippen molar-refractivity contribution in [3.05, 3.63) is 65.3 Å². The van der Waals surface area contributed by atoms with E-state index in [2.05, 4.69) is 20.8 Å². The van der Waals surface area contributed by atoms with Crippen LogP contribution in [-0.2, 0) is 4.79 Å². The highest BCUT2D eigenvalue weighted by Gasteiger charge is 2.29. The van der Waals surface area contributed by atoms with Crippen LogP contribution in [0, 0.1) is 29.3 Å². The molecule has 184 valence electrons. The average molecular weight is 488 g/mol. The van der Waals surface area contributed by atoms with Gasteiger partial charge in [-0.05, 0) is 55.2 Å². The first-order valence-electron chi connectivity index (χ1n) is 11.1. The normalized spacial score (nSPS) is 18.6. The molecule has 2 aromatic carbocycles. The number of nitrogens with zero attached hydrogens (tertiary/aromatic N) is 2. The zero-order valence-electron chi connectivity index (χ0n) is 18.7. The zero-order valence-corrected chi connectivity index (χ0v) is 18.7. The van der Waals surface area contributed by atoms with Crippen molar-refractivity contribution in [3.8, 4) is 0 Å². The van der Waals surface area contributed by atoms with Crippen molar-refractivity contribution in [1.29, 1.82) is 0 Å². The Morgan fingerprint density at radius 3 is 2.31 bits per heavy atom. The number of aliphatic carboxylic acids is 1. The van der Waals surface area contributed by atoms with Crippen LogP contribution in [0.3, 0.4) is 0 Å². The Labute approximate surface area is 198 Å². The third-order valence-electron chi connectivity index (χ3n) is 6.38. The summed E-state index contributed by atoms with van der Waals surface area (Å²) in [5.74, 6) is -5.37. The van der Waals surface area contributed by atoms with Gasteiger partial charge in [0.05, 0.1) is 11.6 Å². The topological polar surface area (TPSA) is 117 Å². The molecule has 1 fully saturated rings. The van der Waals surface area contributed by atoms with Crippen molar-refractivity contribution < 1.29 is 32.3 Å². The van der Waals surface area contributed by atoms with Gasteiger partial charge < -0.3 is 20.2 Å². The third kappa shape index (κ3) is 5.61. The number of carbonyl (C=O) groups is 2. The van der Waals surface area contributed by atoms with Crippen molar-refractivity contribution >= 4 is 29.3 Å². The van der Waals surface area contributed by atoms with Gasteiger partial charge in [-0.25, -0.2) is 13.2 Å². The molecule has 1 amide bonds. The number of carbonyl (C=O) groups excluding carboxylic acids is 1. The Morgan fingerprint density at radius 2 is 1.66 bits per heavy atom. The maximum atomic E-state index is 13.8. The van der Waals surface area contributed by atoms with Gasteiger partial charge in [0.1, 0.15) is 5.82 Å². The average Bonchev–Trinajstić information content (AvgIpc) is 3.31. The van der Waals surface area contributed by atoms with E-state index in [9.17, 15) is 27.9 Å². The second-order valence-electron chi connectivity index (χ2n) is 8.60. The number of carboxylic acids is 1. The van der Waals surface area contributed by atoms with Gasteiger partial charge in [0.25, 0.3) is 0 Å². The molecule has 0 bridgehead atoms. The van der Waals surface area contributed by atoms with E-state index >= 15 is 0 Å². The summed E-state index contributed by atoms with van der Waals surface area (Å²) in [5.41, 5.74) is 1.18. The fourth-order valence-corrected chi connectivity index (χ4v) is 4.28. The number of amides is 1. The Kier molecular flexibility index (Phi) is 7.04. The zero-order chi connectivity index (χ0) is 25.1. The SMILES string of the molecule is C[C@@H](C(=O)O)C1CCC(c2ccc(NC(=O)c3nnc(Nc4cc(F)c(F)cc4F)o3)cc2)CC1. The van der Waals surface area contributed by atoms with Gasteiger partial charge in [0.2, 0.25) is 0 Å². The minimum atomic E-state index is -1.34. The Bertz CT molecular complexity index is 1220. The van der Waals surface area contributed by atoms with Crippen LogP contribution in [0.25, 0.3) is 0 Å². The van der Waals surface area contributed by atoms with E-state index in [-0.39, 0.29) is 17.9 Å². The predicted molar refractivity (Wildman–Crippen MR) is 120 cm³/mol. The number of hydrogen-bond donors (Lipinski definition) is 3. The molecule has 0 saturated heterocycles. The molecule has 3 N–H and O–H groups in total. The lowest BCUT2D eigenvalue weighted by Crippen LogP contribution is -2.24. The molecule has 1 aromatic heterocycles. The summed E-state index contributed by atoms with van der Waals surface area (Å²) in [4.78, 5) is 23.6. The molecule has 1 heterocycles. The quantitative estimate of drug-likeness (QED) is 0.377. The molecule has 1 aliphatic rings. The molecule has 3 aromatic rings. The highest BCUT2D eigenvalue weighted by atomic mass is 19.2. The van der Waals surface area contributed by atoms with Gasteiger partial charge >= 0.3 is 23.8 Å². The number of carboxylic acid groups (broad SMARTS) is 1. The molecule has 8 nitrogen and oxygen atoms in total. The maximum Gasteiger partial charge on any atom is 0.320 e. The van der Waals surface area contributed by atoms with Crippen LogP contribution in [0.1, 0.15) is 54.8 Å². The van der Waals surface area contributed by atoms with E-state index in [1.165, 1.54) is 0 Å². The molecule has 1 aliphatic carbocycles. The lowest BCUT2D eigenvalue weighted by atomic mass is 9.74. The van der Waals surface area contributed by atoms with E-state index < -0.39 is 40.9 Å². The van der Waals surface area contributed by atoms with E-state index in [0.29, 0.717) is 23.7 Å². The summed E-state index contributed by atoms with van der Waals surface area (Å²) in [6.07, 6.45) is 3.53. The fourth-order valence-electron chi connectivity index (χ4n) is 4.28. The number of hydrogen-bond acceptors (Lipinski definition) is 6. The van der Waals surface area contributed by atoms with Crippen LogP contribution >= 0.6 is 0 Å². The van der Waals surface area contributed by atoms with Crippen molar-refractivity contribution in [3.63, 3.8) is 0 Å². The van der Waals surface area contributed by atoms with Gasteiger partial charge in [-0.2, -0.15) is 0 Å². The van der Waals surface area contributed by atoms with Gasteiger partial charge in [-0.3, -0.25) is 9.59 Å². The lowest BCUT2D eigenvalue weighted by Gasteiger charge is -2.31. The van der Waals surface area contributed by atoms with Crippen LogP contribution < -0.4 is 10.6 Å². The van der Waals surface area contributed by atoms with Crippen molar-refractivity contribution in [1.82, 2.24) is 10.2 Å². The Balaban J connectivity index is 1.33. The monoisotopic (exact) mass is 488 g/mol. The van der Waals surface area contributed by atoms with Gasteiger partial charge in [0.15, 0.2) is 11.6 Å². The third-order valence-corrected chi connectivity index (χ3v) is 6.38. The number of halogens is 3. The van der Waals surface area contributed by atoms with Crippen molar-refractivity contribution in [2.45, 2.75) is 38.5 Å². The first kappa shape index (κ1) is 24.2. The Morgan fingerprint density at radius 1 is 1.00 bits per heavy atom. The number of rotatable bonds is 7. The molecule has 11 heteroatoms. The van der Waals surface area contributed by atoms with Gasteiger partial charge in [-0.15, -0.1) is 5.10 Å². The molecule has 0 radical (unpaired) electrons. The van der Waals surface area contributed by atoms with Gasteiger partial charge in [0, 0.05) is 17.8 Å². The molecular formula is C24H23F3N4O4. The molecule has 1 saturated carbocycles. The van der Waals surface area contributed by atoms with E-state index in [1.54, 1.807) is 19.1 Å². The summed E-state index contributed by atoms with van der Waals surface area (Å²) in [6.45, 7) is 1.76. The molecule has 0 spiro atoms. The fraction of sp³-hybridized carbons (Fsp3) is 0.333. The van der Waals surface area contributed by atoms with Crippen molar-refractivity contribution in [2.75, 3.05) is 10.6 Å². The van der Waals surface area contributed by atoms with E-state index in [1.807, 2.05) is 12.1 Å². The minimum absolute atomic E-state index is 0.190. The van der Waals surface area contributed by atoms with Crippen LogP contribution in [0.4, 0.5) is 30.6 Å². The van der Waals surface area contributed by atoms with E-state index in [0.717, 1.165) is 31.2 Å². The number of nitrogens with one attached hydrogen (secondary N) is 2. The maximum absolute atomic E-state index is 13.8. The molecule has 0 unspecified atom stereocenters. The molecule has 4 rings (SSSR count). The summed E-state index contributed by atoms with van der Waals surface area (Å²) in [6, 6.07) is 7.89. The summed E-state index contributed by atoms with van der Waals surface area (Å²) >= 11 is 0. The van der Waals surface area contributed by atoms with E-state index in [4.69, 9.17) is 4.42 Å². The minimum Gasteiger partial charge on any atom is -0.481 e. The highest BCUT2D eigenvalue weighted by molar-refractivity contribution is 6.00. The molecular weight excluding hydrogens is 465 g/mol. The number of anilines is 3. The molecule has 35 heavy (non-hydrogen) atoms. The van der Waals surface area contributed by atoms with Crippen LogP contribution in [-0.4, -0.2) is 27.2 Å². The lowest BCUT2D eigenvalue weighted by molar-refractivity contribution is -0.143. The predicted octanol–water partition coefficient (Wildman–Crippen LogP) is 5.48. The van der Waals surface area contributed by atoms with Gasteiger partial charge in [-0.1, -0.05) is 24.2 Å². The van der Waals surface area contributed by atoms with Crippen LogP contribution in [0.5, 0.6) is 0 Å². The second kappa shape index (κ2) is 10.2. The molecule has 1 atom stereocenters. The number of benzene rings is 2. The second-order valence-corrected chi connectivity index (χ2v) is 8.60. The Hall–Kier alpha value is -3.89. The first-order valence-corrected chi connectivity index (χ1v) is 11.1. The summed E-state index contributed by atoms with van der Waals surface area (Å²) < 4.78 is 45.3. The first-order chi connectivity index (χ1) is 16.7. The molecule has 0 aliphatic heterocycles. The smallest absolute Gasteiger partial charge is 0.320 e.